The highest BCUT2D eigenvalue weighted by molar-refractivity contribution is 5.94. The molecule has 3 rings (SSSR count). The molecule has 2 aromatic rings. The molecule has 5 nitrogen and oxygen atoms in total. The van der Waals surface area contributed by atoms with Crippen LogP contribution in [0.5, 0.6) is 0 Å². The standard InChI is InChI=1S/C21H18F6N2O3/c22-20(23,24)15-6-13(7-16(8-15)21(25,26)27)18(30)28-9-14-10-29(19(31)32)11-17(14)12-4-2-1-3-5-12/h1-8,14,17H,9-11H2,(H,28,30)(H,31,32)/t14-,17-/m0/s1. The summed E-state index contributed by atoms with van der Waals surface area (Å²) in [5.41, 5.74) is -3.14. The fourth-order valence-corrected chi connectivity index (χ4v) is 3.72. The van der Waals surface area contributed by atoms with Crippen LogP contribution in [0.25, 0.3) is 0 Å². The zero-order chi connectivity index (χ0) is 23.7. The van der Waals surface area contributed by atoms with Crippen LogP contribution in [0.4, 0.5) is 31.1 Å². The fraction of sp³-hybridized carbons (Fsp3) is 0.333. The number of alkyl halides is 6. The zero-order valence-electron chi connectivity index (χ0n) is 16.4. The smallest absolute Gasteiger partial charge is 0.416 e. The number of hydrogen-bond donors (Lipinski definition) is 2. The van der Waals surface area contributed by atoms with E-state index in [9.17, 15) is 41.0 Å². The maximum absolute atomic E-state index is 13.0. The summed E-state index contributed by atoms with van der Waals surface area (Å²) in [5, 5.41) is 11.7. The molecule has 2 amide bonds. The van der Waals surface area contributed by atoms with E-state index in [1.54, 1.807) is 30.3 Å². The van der Waals surface area contributed by atoms with Crippen LogP contribution in [0.1, 0.15) is 33.0 Å². The molecular weight excluding hydrogens is 442 g/mol. The minimum absolute atomic E-state index is 0.0517. The van der Waals surface area contributed by atoms with Crippen LogP contribution in [0, 0.1) is 5.92 Å². The average Bonchev–Trinajstić information content (AvgIpc) is 3.15. The van der Waals surface area contributed by atoms with Crippen molar-refractivity contribution in [1.82, 2.24) is 10.2 Å². The van der Waals surface area contributed by atoms with Crippen LogP contribution >= 0.6 is 0 Å². The third-order valence-corrected chi connectivity index (χ3v) is 5.31. The van der Waals surface area contributed by atoms with E-state index < -0.39 is 47.0 Å². The first-order valence-electron chi connectivity index (χ1n) is 9.46. The second-order valence-electron chi connectivity index (χ2n) is 7.47. The van der Waals surface area contributed by atoms with E-state index in [1.165, 1.54) is 0 Å². The predicted molar refractivity (Wildman–Crippen MR) is 101 cm³/mol. The third-order valence-electron chi connectivity index (χ3n) is 5.31. The number of amides is 2. The molecule has 0 aliphatic carbocycles. The van der Waals surface area contributed by atoms with Crippen molar-refractivity contribution in [3.63, 3.8) is 0 Å². The first-order chi connectivity index (χ1) is 14.9. The SMILES string of the molecule is O=C(NC[C@H]1CN(C(=O)O)C[C@H]1c1ccccc1)c1cc(C(F)(F)F)cc(C(F)(F)F)c1. The van der Waals surface area contributed by atoms with Gasteiger partial charge in [0.15, 0.2) is 0 Å². The highest BCUT2D eigenvalue weighted by Gasteiger charge is 2.38. The van der Waals surface area contributed by atoms with Gasteiger partial charge in [0.25, 0.3) is 5.91 Å². The second-order valence-corrected chi connectivity index (χ2v) is 7.47. The summed E-state index contributed by atoms with van der Waals surface area (Å²) in [6.07, 6.45) is -11.3. The minimum atomic E-state index is -5.07. The van der Waals surface area contributed by atoms with Crippen molar-refractivity contribution in [2.75, 3.05) is 19.6 Å². The van der Waals surface area contributed by atoms with Crippen LogP contribution < -0.4 is 5.32 Å². The number of nitrogens with one attached hydrogen (secondary N) is 1. The Morgan fingerprint density at radius 1 is 0.938 bits per heavy atom. The Labute approximate surface area is 178 Å². The maximum atomic E-state index is 13.0. The maximum Gasteiger partial charge on any atom is 0.416 e. The summed E-state index contributed by atoms with van der Waals surface area (Å²) in [6.45, 7) is 0.0903. The summed E-state index contributed by atoms with van der Waals surface area (Å²) < 4.78 is 78.2. The molecule has 1 saturated heterocycles. The molecule has 0 aromatic heterocycles. The molecule has 0 spiro atoms. The number of benzene rings is 2. The Morgan fingerprint density at radius 3 is 2.00 bits per heavy atom. The van der Waals surface area contributed by atoms with Crippen LogP contribution in [0.2, 0.25) is 0 Å². The Balaban J connectivity index is 1.81. The Morgan fingerprint density at radius 2 is 1.50 bits per heavy atom. The largest absolute Gasteiger partial charge is 0.465 e. The highest BCUT2D eigenvalue weighted by atomic mass is 19.4. The fourth-order valence-electron chi connectivity index (χ4n) is 3.72. The van der Waals surface area contributed by atoms with Gasteiger partial charge in [0.2, 0.25) is 0 Å². The van der Waals surface area contributed by atoms with E-state index >= 15 is 0 Å². The molecule has 0 unspecified atom stereocenters. The number of nitrogens with zero attached hydrogens (tertiary/aromatic N) is 1. The van der Waals surface area contributed by atoms with E-state index in [1.807, 2.05) is 0 Å². The molecule has 172 valence electrons. The summed E-state index contributed by atoms with van der Waals surface area (Å²) in [5.74, 6) is -1.81. The van der Waals surface area contributed by atoms with E-state index in [2.05, 4.69) is 5.32 Å². The van der Waals surface area contributed by atoms with Gasteiger partial charge in [-0.15, -0.1) is 0 Å². The van der Waals surface area contributed by atoms with E-state index in [0.717, 1.165) is 10.5 Å². The minimum Gasteiger partial charge on any atom is -0.465 e. The summed E-state index contributed by atoms with van der Waals surface area (Å²) in [6, 6.07) is 9.53. The molecule has 1 fully saturated rings. The van der Waals surface area contributed by atoms with Gasteiger partial charge >= 0.3 is 18.4 Å². The van der Waals surface area contributed by atoms with Crippen LogP contribution in [0.3, 0.4) is 0 Å². The van der Waals surface area contributed by atoms with Gasteiger partial charge in [-0.3, -0.25) is 4.79 Å². The van der Waals surface area contributed by atoms with Crippen molar-refractivity contribution < 1.29 is 41.0 Å². The number of hydrogen-bond acceptors (Lipinski definition) is 2. The number of carbonyl (C=O) groups excluding carboxylic acids is 1. The van der Waals surface area contributed by atoms with Gasteiger partial charge in [-0.2, -0.15) is 26.3 Å². The van der Waals surface area contributed by atoms with E-state index in [0.29, 0.717) is 12.1 Å². The van der Waals surface area contributed by atoms with E-state index in [4.69, 9.17) is 0 Å². The second kappa shape index (κ2) is 8.71. The van der Waals surface area contributed by atoms with Crippen LogP contribution in [-0.2, 0) is 12.4 Å². The molecule has 2 aromatic carbocycles. The molecule has 1 aliphatic heterocycles. The lowest BCUT2D eigenvalue weighted by Crippen LogP contribution is -2.33. The summed E-state index contributed by atoms with van der Waals surface area (Å²) in [4.78, 5) is 25.0. The monoisotopic (exact) mass is 460 g/mol. The van der Waals surface area contributed by atoms with Gasteiger partial charge < -0.3 is 15.3 Å². The van der Waals surface area contributed by atoms with Gasteiger partial charge in [0.05, 0.1) is 11.1 Å². The van der Waals surface area contributed by atoms with Gasteiger partial charge in [-0.25, -0.2) is 4.79 Å². The molecule has 1 aliphatic rings. The Bertz CT molecular complexity index is 959. The quantitative estimate of drug-likeness (QED) is 0.642. The Kier molecular flexibility index (Phi) is 6.38. The molecule has 0 saturated carbocycles. The molecular formula is C21H18F6N2O3. The van der Waals surface area contributed by atoms with Crippen molar-refractivity contribution in [1.29, 1.82) is 0 Å². The predicted octanol–water partition coefficient (Wildman–Crippen LogP) is 4.85. The number of carboxylic acid groups (broad SMARTS) is 1. The molecule has 0 bridgehead atoms. The van der Waals surface area contributed by atoms with Crippen molar-refractivity contribution >= 4 is 12.0 Å². The summed E-state index contributed by atoms with van der Waals surface area (Å²) in [7, 11) is 0. The zero-order valence-corrected chi connectivity index (χ0v) is 16.4. The lowest BCUT2D eigenvalue weighted by atomic mass is 9.89. The van der Waals surface area contributed by atoms with Crippen molar-refractivity contribution in [3.05, 3.63) is 70.8 Å². The van der Waals surface area contributed by atoms with Crippen molar-refractivity contribution in [3.8, 4) is 0 Å². The lowest BCUT2D eigenvalue weighted by Gasteiger charge is -2.19. The normalized spacial score (nSPS) is 19.1. The molecule has 0 radical (unpaired) electrons. The number of halogens is 6. The molecule has 2 atom stereocenters. The van der Waals surface area contributed by atoms with Gasteiger partial charge in [-0.05, 0) is 23.8 Å². The molecule has 2 N–H and O–H groups in total. The van der Waals surface area contributed by atoms with Gasteiger partial charge in [0.1, 0.15) is 0 Å². The summed E-state index contributed by atoms with van der Waals surface area (Å²) >= 11 is 0. The number of rotatable bonds is 4. The topological polar surface area (TPSA) is 69.6 Å². The first-order valence-corrected chi connectivity index (χ1v) is 9.46. The third kappa shape index (κ3) is 5.32. The number of likely N-dealkylation sites (tertiary alicyclic amines) is 1. The highest BCUT2D eigenvalue weighted by Crippen LogP contribution is 2.36. The van der Waals surface area contributed by atoms with Crippen LogP contribution in [-0.4, -0.2) is 41.6 Å². The molecule has 11 heteroatoms. The molecule has 1 heterocycles. The van der Waals surface area contributed by atoms with Gasteiger partial charge in [-0.1, -0.05) is 30.3 Å². The average molecular weight is 460 g/mol. The van der Waals surface area contributed by atoms with Crippen molar-refractivity contribution in [2.24, 2.45) is 5.92 Å². The Hall–Kier alpha value is -3.24. The van der Waals surface area contributed by atoms with E-state index in [-0.39, 0.29) is 31.6 Å². The lowest BCUT2D eigenvalue weighted by molar-refractivity contribution is -0.143. The van der Waals surface area contributed by atoms with Crippen molar-refractivity contribution in [2.45, 2.75) is 18.3 Å². The van der Waals surface area contributed by atoms with Gasteiger partial charge in [0, 0.05) is 37.0 Å². The molecule has 32 heavy (non-hydrogen) atoms. The number of carbonyl (C=O) groups is 2. The first kappa shape index (κ1) is 23.4. The van der Waals surface area contributed by atoms with Crippen LogP contribution in [0.15, 0.2) is 48.5 Å².